The summed E-state index contributed by atoms with van der Waals surface area (Å²) in [7, 11) is 0. The number of hydrogen-bond donors (Lipinski definition) is 1. The van der Waals surface area contributed by atoms with Gasteiger partial charge in [0.2, 0.25) is 5.91 Å². The number of piperazine rings is 1. The van der Waals surface area contributed by atoms with E-state index in [9.17, 15) is 9.18 Å². The third-order valence-corrected chi connectivity index (χ3v) is 4.23. The van der Waals surface area contributed by atoms with E-state index >= 15 is 0 Å². The minimum absolute atomic E-state index is 0.103. The smallest absolute Gasteiger partial charge is 0.223 e. The number of H-pyrrole nitrogens is 1. The molecule has 1 aromatic heterocycles. The van der Waals surface area contributed by atoms with Gasteiger partial charge in [-0.15, -0.1) is 0 Å². The lowest BCUT2D eigenvalue weighted by Crippen LogP contribution is -2.49. The molecule has 6 nitrogen and oxygen atoms in total. The summed E-state index contributed by atoms with van der Waals surface area (Å²) in [5.74, 6) is 0.473. The second kappa shape index (κ2) is 6.95. The van der Waals surface area contributed by atoms with E-state index in [4.69, 9.17) is 11.6 Å². The van der Waals surface area contributed by atoms with E-state index in [0.717, 1.165) is 11.5 Å². The summed E-state index contributed by atoms with van der Waals surface area (Å²) in [5.41, 5.74) is 0.807. The van der Waals surface area contributed by atoms with Crippen LogP contribution in [-0.2, 0) is 11.2 Å². The topological polar surface area (TPSA) is 65.1 Å². The zero-order valence-electron chi connectivity index (χ0n) is 12.5. The summed E-state index contributed by atoms with van der Waals surface area (Å²) in [6, 6.07) is 4.39. The van der Waals surface area contributed by atoms with Gasteiger partial charge in [-0.1, -0.05) is 11.6 Å². The molecule has 2 aromatic rings. The van der Waals surface area contributed by atoms with Crippen LogP contribution >= 0.6 is 11.6 Å². The number of hydrogen-bond acceptors (Lipinski definition) is 4. The molecule has 122 valence electrons. The fraction of sp³-hybridized carbons (Fsp3) is 0.400. The van der Waals surface area contributed by atoms with E-state index in [1.165, 1.54) is 18.5 Å². The molecule has 1 aliphatic rings. The lowest BCUT2D eigenvalue weighted by molar-refractivity contribution is -0.131. The Labute approximate surface area is 138 Å². The quantitative estimate of drug-likeness (QED) is 0.925. The van der Waals surface area contributed by atoms with Crippen LogP contribution in [0, 0.1) is 5.82 Å². The maximum atomic E-state index is 13.1. The van der Waals surface area contributed by atoms with Crippen LogP contribution in [0.15, 0.2) is 24.5 Å². The van der Waals surface area contributed by atoms with Crippen molar-refractivity contribution in [2.75, 3.05) is 31.1 Å². The number of nitrogens with zero attached hydrogens (tertiary/aromatic N) is 4. The molecule has 1 N–H and O–H groups in total. The molecule has 1 amide bonds. The highest BCUT2D eigenvalue weighted by atomic mass is 35.5. The molecule has 0 saturated carbocycles. The fourth-order valence-corrected chi connectivity index (χ4v) is 2.96. The first kappa shape index (κ1) is 15.7. The normalized spacial score (nSPS) is 15.0. The lowest BCUT2D eigenvalue weighted by Gasteiger charge is -2.36. The Morgan fingerprint density at radius 1 is 1.30 bits per heavy atom. The standard InChI is InChI=1S/C15H17ClFN5O/c16-12-9-11(17)1-2-13(12)21-5-7-22(8-6-21)15(23)4-3-14-18-10-19-20-14/h1-2,9-10H,3-8H2,(H,18,19,20). The number of nitrogens with one attached hydrogen (secondary N) is 1. The van der Waals surface area contributed by atoms with Crippen LogP contribution in [0.1, 0.15) is 12.2 Å². The van der Waals surface area contributed by atoms with Gasteiger partial charge in [-0.2, -0.15) is 5.10 Å². The number of aromatic amines is 1. The van der Waals surface area contributed by atoms with Crippen molar-refractivity contribution >= 4 is 23.2 Å². The Balaban J connectivity index is 1.52. The van der Waals surface area contributed by atoms with Crippen molar-refractivity contribution in [1.29, 1.82) is 0 Å². The van der Waals surface area contributed by atoms with E-state index in [0.29, 0.717) is 44.0 Å². The molecule has 23 heavy (non-hydrogen) atoms. The van der Waals surface area contributed by atoms with Gasteiger partial charge in [0, 0.05) is 39.0 Å². The van der Waals surface area contributed by atoms with Crippen molar-refractivity contribution in [3.8, 4) is 0 Å². The summed E-state index contributed by atoms with van der Waals surface area (Å²) < 4.78 is 13.1. The van der Waals surface area contributed by atoms with Crippen LogP contribution in [-0.4, -0.2) is 52.2 Å². The fourth-order valence-electron chi connectivity index (χ4n) is 2.67. The molecule has 0 atom stereocenters. The average Bonchev–Trinajstić information content (AvgIpc) is 3.06. The predicted molar refractivity (Wildman–Crippen MR) is 84.9 cm³/mol. The van der Waals surface area contributed by atoms with Crippen LogP contribution < -0.4 is 4.90 Å². The Bertz CT molecular complexity index is 671. The average molecular weight is 338 g/mol. The van der Waals surface area contributed by atoms with Gasteiger partial charge < -0.3 is 9.80 Å². The second-order valence-corrected chi connectivity index (χ2v) is 5.80. The number of halogens is 2. The molecular formula is C15H17ClFN5O. The molecule has 3 rings (SSSR count). The minimum Gasteiger partial charge on any atom is -0.367 e. The number of aryl methyl sites for hydroxylation is 1. The third kappa shape index (κ3) is 3.79. The number of benzene rings is 1. The van der Waals surface area contributed by atoms with Crippen molar-refractivity contribution in [1.82, 2.24) is 20.1 Å². The highest BCUT2D eigenvalue weighted by Gasteiger charge is 2.22. The molecule has 0 spiro atoms. The molecule has 2 heterocycles. The Hall–Kier alpha value is -2.15. The monoisotopic (exact) mass is 337 g/mol. The number of anilines is 1. The van der Waals surface area contributed by atoms with E-state index in [1.54, 1.807) is 6.07 Å². The lowest BCUT2D eigenvalue weighted by atomic mass is 10.2. The molecule has 0 radical (unpaired) electrons. The number of carbonyl (C=O) groups is 1. The maximum absolute atomic E-state index is 13.1. The van der Waals surface area contributed by atoms with Crippen LogP contribution in [0.5, 0.6) is 0 Å². The van der Waals surface area contributed by atoms with E-state index in [1.807, 2.05) is 4.90 Å². The first-order valence-electron chi connectivity index (χ1n) is 7.45. The minimum atomic E-state index is -0.347. The van der Waals surface area contributed by atoms with Gasteiger partial charge in [0.05, 0.1) is 10.7 Å². The van der Waals surface area contributed by atoms with Gasteiger partial charge in [0.15, 0.2) is 0 Å². The molecule has 0 aliphatic carbocycles. The van der Waals surface area contributed by atoms with Gasteiger partial charge in [-0.05, 0) is 18.2 Å². The molecular weight excluding hydrogens is 321 g/mol. The van der Waals surface area contributed by atoms with Crippen molar-refractivity contribution in [3.63, 3.8) is 0 Å². The number of amides is 1. The molecule has 0 bridgehead atoms. The Morgan fingerprint density at radius 2 is 2.09 bits per heavy atom. The van der Waals surface area contributed by atoms with Crippen molar-refractivity contribution in [3.05, 3.63) is 41.2 Å². The second-order valence-electron chi connectivity index (χ2n) is 5.40. The Kier molecular flexibility index (Phi) is 4.76. The largest absolute Gasteiger partial charge is 0.367 e. The zero-order valence-corrected chi connectivity index (χ0v) is 13.3. The molecule has 1 saturated heterocycles. The van der Waals surface area contributed by atoms with Gasteiger partial charge in [-0.3, -0.25) is 9.89 Å². The van der Waals surface area contributed by atoms with E-state index in [-0.39, 0.29) is 11.7 Å². The maximum Gasteiger partial charge on any atom is 0.223 e. The van der Waals surface area contributed by atoms with Crippen LogP contribution in [0.3, 0.4) is 0 Å². The summed E-state index contributed by atoms with van der Waals surface area (Å²) in [6.07, 6.45) is 2.40. The molecule has 1 aromatic carbocycles. The summed E-state index contributed by atoms with van der Waals surface area (Å²) in [4.78, 5) is 20.1. The van der Waals surface area contributed by atoms with Crippen molar-refractivity contribution in [2.45, 2.75) is 12.8 Å². The number of carbonyl (C=O) groups excluding carboxylic acids is 1. The third-order valence-electron chi connectivity index (χ3n) is 3.92. The zero-order chi connectivity index (χ0) is 16.2. The predicted octanol–water partition coefficient (Wildman–Crippen LogP) is 1.88. The molecule has 1 fully saturated rings. The number of aromatic nitrogens is 3. The molecule has 0 unspecified atom stereocenters. The molecule has 1 aliphatic heterocycles. The van der Waals surface area contributed by atoms with Gasteiger partial charge in [0.1, 0.15) is 18.0 Å². The van der Waals surface area contributed by atoms with Crippen molar-refractivity contribution < 1.29 is 9.18 Å². The van der Waals surface area contributed by atoms with Gasteiger partial charge in [-0.25, -0.2) is 9.37 Å². The highest BCUT2D eigenvalue weighted by Crippen LogP contribution is 2.27. The van der Waals surface area contributed by atoms with Gasteiger partial charge in [0.25, 0.3) is 0 Å². The van der Waals surface area contributed by atoms with Gasteiger partial charge >= 0.3 is 0 Å². The number of rotatable bonds is 4. The van der Waals surface area contributed by atoms with E-state index in [2.05, 4.69) is 20.1 Å². The first-order chi connectivity index (χ1) is 11.1. The Morgan fingerprint density at radius 3 is 2.74 bits per heavy atom. The summed E-state index contributed by atoms with van der Waals surface area (Å²) in [5, 5.41) is 6.91. The molecule has 8 heteroatoms. The first-order valence-corrected chi connectivity index (χ1v) is 7.83. The summed E-state index contributed by atoms with van der Waals surface area (Å²) >= 11 is 6.09. The highest BCUT2D eigenvalue weighted by molar-refractivity contribution is 6.33. The van der Waals surface area contributed by atoms with Crippen LogP contribution in [0.4, 0.5) is 10.1 Å². The van der Waals surface area contributed by atoms with Crippen LogP contribution in [0.25, 0.3) is 0 Å². The summed E-state index contributed by atoms with van der Waals surface area (Å²) in [6.45, 7) is 2.62. The van der Waals surface area contributed by atoms with Crippen LogP contribution in [0.2, 0.25) is 5.02 Å². The SMILES string of the molecule is O=C(CCc1ncn[nH]1)N1CCN(c2ccc(F)cc2Cl)CC1. The van der Waals surface area contributed by atoms with E-state index < -0.39 is 0 Å². The van der Waals surface area contributed by atoms with Crippen molar-refractivity contribution in [2.24, 2.45) is 0 Å².